The molecule has 2 N–H and O–H groups in total. The molecule has 30 heavy (non-hydrogen) atoms. The van der Waals surface area contributed by atoms with Crippen molar-refractivity contribution in [3.05, 3.63) is 66.4 Å². The van der Waals surface area contributed by atoms with Crippen LogP contribution < -0.4 is 10.6 Å². The van der Waals surface area contributed by atoms with Crippen molar-refractivity contribution in [3.8, 4) is 5.69 Å². The third-order valence-electron chi connectivity index (χ3n) is 4.46. The number of nitrogens with one attached hydrogen (secondary N) is 2. The Morgan fingerprint density at radius 3 is 2.73 bits per heavy atom. The summed E-state index contributed by atoms with van der Waals surface area (Å²) in [5.41, 5.74) is 3.89. The van der Waals surface area contributed by atoms with Crippen LogP contribution in [0.15, 0.2) is 60.8 Å². The number of hydrogen-bond acceptors (Lipinski definition) is 6. The van der Waals surface area contributed by atoms with Crippen molar-refractivity contribution in [1.82, 2.24) is 30.3 Å². The molecule has 8 heteroatoms. The quantitative estimate of drug-likeness (QED) is 0.491. The van der Waals surface area contributed by atoms with E-state index in [1.165, 1.54) is 0 Å². The lowest BCUT2D eigenvalue weighted by Crippen LogP contribution is -2.23. The lowest BCUT2D eigenvalue weighted by Gasteiger charge is -2.09. The molecule has 2 aromatic carbocycles. The van der Waals surface area contributed by atoms with Crippen LogP contribution in [0.3, 0.4) is 0 Å². The second kappa shape index (κ2) is 8.69. The second-order valence-electron chi connectivity index (χ2n) is 7.44. The van der Waals surface area contributed by atoms with Crippen LogP contribution >= 0.6 is 0 Å². The predicted molar refractivity (Wildman–Crippen MR) is 115 cm³/mol. The van der Waals surface area contributed by atoms with E-state index in [0.29, 0.717) is 36.0 Å². The van der Waals surface area contributed by atoms with Crippen molar-refractivity contribution in [3.63, 3.8) is 0 Å². The van der Waals surface area contributed by atoms with E-state index in [-0.39, 0.29) is 5.91 Å². The third kappa shape index (κ3) is 4.60. The maximum absolute atomic E-state index is 11.9. The summed E-state index contributed by atoms with van der Waals surface area (Å²) in [5, 5.41) is 14.6. The number of aromatic nitrogens is 5. The molecule has 0 saturated heterocycles. The lowest BCUT2D eigenvalue weighted by atomic mass is 10.1. The number of amides is 1. The SMILES string of the molecule is CC(C)CC(=O)NCc1cccc(-n2nnc3cnc(Nc4ccccc4)nc32)c1. The van der Waals surface area contributed by atoms with Gasteiger partial charge in [-0.2, -0.15) is 9.67 Å². The van der Waals surface area contributed by atoms with E-state index in [9.17, 15) is 4.79 Å². The zero-order chi connectivity index (χ0) is 20.9. The molecule has 0 atom stereocenters. The standard InChI is InChI=1S/C22H23N7O/c1-15(2)11-20(30)23-13-16-7-6-10-18(12-16)29-21-19(27-28-29)14-24-22(26-21)25-17-8-4-3-5-9-17/h3-10,12,14-15H,11,13H2,1-2H3,(H,23,30)(H,24,25,26). The summed E-state index contributed by atoms with van der Waals surface area (Å²) < 4.78 is 1.67. The van der Waals surface area contributed by atoms with Gasteiger partial charge in [-0.3, -0.25) is 4.79 Å². The summed E-state index contributed by atoms with van der Waals surface area (Å²) in [4.78, 5) is 20.8. The van der Waals surface area contributed by atoms with Crippen LogP contribution in [0, 0.1) is 5.92 Å². The topological polar surface area (TPSA) is 97.6 Å². The molecule has 2 heterocycles. The van der Waals surface area contributed by atoms with Crippen LogP contribution in [0.5, 0.6) is 0 Å². The minimum Gasteiger partial charge on any atom is -0.352 e. The molecule has 0 saturated carbocycles. The molecular formula is C22H23N7O. The van der Waals surface area contributed by atoms with Crippen LogP contribution in [0.25, 0.3) is 16.9 Å². The minimum absolute atomic E-state index is 0.0472. The molecule has 0 radical (unpaired) electrons. The van der Waals surface area contributed by atoms with Crippen molar-refractivity contribution in [1.29, 1.82) is 0 Å². The van der Waals surface area contributed by atoms with Gasteiger partial charge in [-0.05, 0) is 35.7 Å². The highest BCUT2D eigenvalue weighted by molar-refractivity contribution is 5.76. The molecule has 0 aliphatic carbocycles. The molecule has 2 aromatic heterocycles. The highest BCUT2D eigenvalue weighted by Gasteiger charge is 2.11. The molecule has 0 fully saturated rings. The number of para-hydroxylation sites is 1. The Morgan fingerprint density at radius 2 is 1.93 bits per heavy atom. The van der Waals surface area contributed by atoms with Gasteiger partial charge in [0, 0.05) is 18.7 Å². The number of anilines is 2. The molecule has 4 rings (SSSR count). The number of rotatable bonds is 7. The summed E-state index contributed by atoms with van der Waals surface area (Å²) in [6.45, 7) is 4.51. The van der Waals surface area contributed by atoms with Gasteiger partial charge in [0.15, 0.2) is 11.2 Å². The van der Waals surface area contributed by atoms with Crippen LogP contribution in [-0.4, -0.2) is 30.9 Å². The Kier molecular flexibility index (Phi) is 5.65. The summed E-state index contributed by atoms with van der Waals surface area (Å²) in [6, 6.07) is 17.5. The largest absolute Gasteiger partial charge is 0.352 e. The predicted octanol–water partition coefficient (Wildman–Crippen LogP) is 3.62. The first-order valence-corrected chi connectivity index (χ1v) is 9.85. The molecule has 0 aliphatic heterocycles. The van der Waals surface area contributed by atoms with Gasteiger partial charge in [-0.1, -0.05) is 49.4 Å². The second-order valence-corrected chi connectivity index (χ2v) is 7.44. The zero-order valence-electron chi connectivity index (χ0n) is 16.9. The first-order valence-electron chi connectivity index (χ1n) is 9.85. The molecular weight excluding hydrogens is 378 g/mol. The molecule has 0 bridgehead atoms. The molecule has 0 aliphatic rings. The van der Waals surface area contributed by atoms with Gasteiger partial charge in [0.05, 0.1) is 11.9 Å². The number of benzene rings is 2. The van der Waals surface area contributed by atoms with E-state index >= 15 is 0 Å². The average Bonchev–Trinajstić information content (AvgIpc) is 3.16. The fourth-order valence-electron chi connectivity index (χ4n) is 3.05. The van der Waals surface area contributed by atoms with E-state index in [1.807, 2.05) is 68.4 Å². The maximum Gasteiger partial charge on any atom is 0.229 e. The molecule has 152 valence electrons. The number of carbonyl (C=O) groups excluding carboxylic acids is 1. The van der Waals surface area contributed by atoms with Gasteiger partial charge in [0.2, 0.25) is 11.9 Å². The Balaban J connectivity index is 1.57. The van der Waals surface area contributed by atoms with Crippen LogP contribution in [0.1, 0.15) is 25.8 Å². The number of carbonyl (C=O) groups is 1. The fraction of sp³-hybridized carbons (Fsp3) is 0.227. The number of nitrogens with zero attached hydrogens (tertiary/aromatic N) is 5. The number of hydrogen-bond donors (Lipinski definition) is 2. The van der Waals surface area contributed by atoms with Crippen molar-refractivity contribution in [2.45, 2.75) is 26.8 Å². The third-order valence-corrected chi connectivity index (χ3v) is 4.46. The van der Waals surface area contributed by atoms with Crippen molar-refractivity contribution < 1.29 is 4.79 Å². The van der Waals surface area contributed by atoms with E-state index in [0.717, 1.165) is 16.9 Å². The van der Waals surface area contributed by atoms with E-state index in [1.54, 1.807) is 10.9 Å². The van der Waals surface area contributed by atoms with Gasteiger partial charge in [0.25, 0.3) is 0 Å². The van der Waals surface area contributed by atoms with Crippen molar-refractivity contribution >= 4 is 28.7 Å². The first kappa shape index (κ1) is 19.5. The van der Waals surface area contributed by atoms with E-state index in [2.05, 4.69) is 30.9 Å². The zero-order valence-corrected chi connectivity index (χ0v) is 16.9. The number of fused-ring (bicyclic) bond motifs is 1. The van der Waals surface area contributed by atoms with Gasteiger partial charge in [0.1, 0.15) is 0 Å². The normalized spacial score (nSPS) is 11.0. The Morgan fingerprint density at radius 1 is 1.10 bits per heavy atom. The van der Waals surface area contributed by atoms with Crippen LogP contribution in [0.2, 0.25) is 0 Å². The molecule has 1 amide bonds. The summed E-state index contributed by atoms with van der Waals surface area (Å²) in [5.74, 6) is 0.844. The molecule has 0 spiro atoms. The van der Waals surface area contributed by atoms with Gasteiger partial charge in [-0.15, -0.1) is 5.10 Å². The minimum atomic E-state index is 0.0472. The first-order chi connectivity index (χ1) is 14.6. The Labute approximate surface area is 174 Å². The highest BCUT2D eigenvalue weighted by atomic mass is 16.1. The van der Waals surface area contributed by atoms with E-state index in [4.69, 9.17) is 0 Å². The fourth-order valence-corrected chi connectivity index (χ4v) is 3.05. The molecule has 8 nitrogen and oxygen atoms in total. The van der Waals surface area contributed by atoms with Gasteiger partial charge >= 0.3 is 0 Å². The average molecular weight is 401 g/mol. The van der Waals surface area contributed by atoms with Gasteiger partial charge in [-0.25, -0.2) is 4.98 Å². The van der Waals surface area contributed by atoms with Crippen molar-refractivity contribution in [2.24, 2.45) is 5.92 Å². The van der Waals surface area contributed by atoms with E-state index < -0.39 is 0 Å². The maximum atomic E-state index is 11.9. The molecule has 4 aromatic rings. The summed E-state index contributed by atoms with van der Waals surface area (Å²) in [6.07, 6.45) is 2.16. The van der Waals surface area contributed by atoms with Crippen molar-refractivity contribution in [2.75, 3.05) is 5.32 Å². The van der Waals surface area contributed by atoms with Gasteiger partial charge < -0.3 is 10.6 Å². The lowest BCUT2D eigenvalue weighted by molar-refractivity contribution is -0.121. The summed E-state index contributed by atoms with van der Waals surface area (Å²) >= 11 is 0. The Hall–Kier alpha value is -3.81. The Bertz CT molecular complexity index is 1150. The van der Waals surface area contributed by atoms with Crippen LogP contribution in [-0.2, 0) is 11.3 Å². The molecule has 0 unspecified atom stereocenters. The monoisotopic (exact) mass is 401 g/mol. The smallest absolute Gasteiger partial charge is 0.229 e. The van der Waals surface area contributed by atoms with Crippen LogP contribution in [0.4, 0.5) is 11.6 Å². The summed E-state index contributed by atoms with van der Waals surface area (Å²) in [7, 11) is 0. The highest BCUT2D eigenvalue weighted by Crippen LogP contribution is 2.18.